The molecular formula is C25H32N2O2. The predicted molar refractivity (Wildman–Crippen MR) is 117 cm³/mol. The van der Waals surface area contributed by atoms with Gasteiger partial charge in [-0.3, -0.25) is 9.59 Å². The van der Waals surface area contributed by atoms with Crippen LogP contribution in [0.25, 0.3) is 0 Å². The number of nitrogens with one attached hydrogen (secondary N) is 1. The van der Waals surface area contributed by atoms with Gasteiger partial charge in [-0.25, -0.2) is 0 Å². The molecule has 1 heterocycles. The summed E-state index contributed by atoms with van der Waals surface area (Å²) in [6.07, 6.45) is 1.41. The number of nitrogens with zero attached hydrogens (tertiary/aromatic N) is 1. The summed E-state index contributed by atoms with van der Waals surface area (Å²) in [5.74, 6) is 0.110. The Morgan fingerprint density at radius 3 is 2.10 bits per heavy atom. The Hall–Kier alpha value is -2.62. The molecular weight excluding hydrogens is 360 g/mol. The standard InChI is InChI=1S/C25H32N2O2/c1-18(19-8-6-5-7-9-19)26-23(28)20-14-16-27(17-15-20)24(29)21-10-12-22(13-11-21)25(2,3)4/h5-13,18,20H,14-17H2,1-4H3,(H,26,28). The maximum atomic E-state index is 12.8. The molecule has 2 aromatic rings. The average molecular weight is 393 g/mol. The van der Waals surface area contributed by atoms with E-state index in [9.17, 15) is 9.59 Å². The Balaban J connectivity index is 1.53. The zero-order valence-electron chi connectivity index (χ0n) is 17.9. The molecule has 1 saturated heterocycles. The molecule has 0 aromatic heterocycles. The summed E-state index contributed by atoms with van der Waals surface area (Å²) in [6, 6.07) is 17.9. The van der Waals surface area contributed by atoms with Gasteiger partial charge >= 0.3 is 0 Å². The smallest absolute Gasteiger partial charge is 0.253 e. The number of likely N-dealkylation sites (tertiary alicyclic amines) is 1. The first-order chi connectivity index (χ1) is 13.8. The van der Waals surface area contributed by atoms with Gasteiger partial charge in [0.25, 0.3) is 5.91 Å². The lowest BCUT2D eigenvalue weighted by atomic mass is 9.86. The highest BCUT2D eigenvalue weighted by Crippen LogP contribution is 2.24. The third-order valence-electron chi connectivity index (χ3n) is 5.81. The normalized spacial score (nSPS) is 16.3. The van der Waals surface area contributed by atoms with Crippen molar-refractivity contribution in [2.45, 2.75) is 52.0 Å². The second-order valence-electron chi connectivity index (χ2n) is 9.03. The number of carbonyl (C=O) groups excluding carboxylic acids is 2. The van der Waals surface area contributed by atoms with Crippen LogP contribution in [0, 0.1) is 5.92 Å². The van der Waals surface area contributed by atoms with Gasteiger partial charge in [0.15, 0.2) is 0 Å². The highest BCUT2D eigenvalue weighted by atomic mass is 16.2. The molecule has 3 rings (SSSR count). The Labute approximate surface area is 174 Å². The second-order valence-corrected chi connectivity index (χ2v) is 9.03. The zero-order chi connectivity index (χ0) is 21.0. The quantitative estimate of drug-likeness (QED) is 0.819. The molecule has 4 heteroatoms. The van der Waals surface area contributed by atoms with Crippen molar-refractivity contribution in [3.8, 4) is 0 Å². The van der Waals surface area contributed by atoms with Gasteiger partial charge in [-0.2, -0.15) is 0 Å². The minimum absolute atomic E-state index is 0.00954. The maximum absolute atomic E-state index is 12.8. The maximum Gasteiger partial charge on any atom is 0.253 e. The van der Waals surface area contributed by atoms with E-state index in [0.29, 0.717) is 25.9 Å². The average Bonchev–Trinajstić information content (AvgIpc) is 2.73. The van der Waals surface area contributed by atoms with Gasteiger partial charge in [-0.1, -0.05) is 63.2 Å². The molecule has 0 radical (unpaired) electrons. The molecule has 1 aliphatic heterocycles. The first-order valence-electron chi connectivity index (χ1n) is 10.5. The van der Waals surface area contributed by atoms with Crippen LogP contribution in [-0.4, -0.2) is 29.8 Å². The fraction of sp³-hybridized carbons (Fsp3) is 0.440. The van der Waals surface area contributed by atoms with E-state index in [1.165, 1.54) is 5.56 Å². The fourth-order valence-corrected chi connectivity index (χ4v) is 3.80. The van der Waals surface area contributed by atoms with E-state index in [-0.39, 0.29) is 29.2 Å². The van der Waals surface area contributed by atoms with Crippen molar-refractivity contribution in [2.24, 2.45) is 5.92 Å². The van der Waals surface area contributed by atoms with Crippen molar-refractivity contribution in [3.05, 3.63) is 71.3 Å². The van der Waals surface area contributed by atoms with Crippen LogP contribution in [0.15, 0.2) is 54.6 Å². The molecule has 0 aliphatic carbocycles. The number of amides is 2. The van der Waals surface area contributed by atoms with Gasteiger partial charge in [0, 0.05) is 24.6 Å². The summed E-state index contributed by atoms with van der Waals surface area (Å²) in [6.45, 7) is 9.75. The van der Waals surface area contributed by atoms with Crippen LogP contribution in [0.2, 0.25) is 0 Å². The van der Waals surface area contributed by atoms with Crippen LogP contribution in [-0.2, 0) is 10.2 Å². The monoisotopic (exact) mass is 392 g/mol. The van der Waals surface area contributed by atoms with E-state index in [1.54, 1.807) is 0 Å². The van der Waals surface area contributed by atoms with Crippen molar-refractivity contribution < 1.29 is 9.59 Å². The van der Waals surface area contributed by atoms with Gasteiger partial charge in [0.2, 0.25) is 5.91 Å². The van der Waals surface area contributed by atoms with E-state index in [1.807, 2.05) is 66.4 Å². The molecule has 2 amide bonds. The minimum Gasteiger partial charge on any atom is -0.349 e. The zero-order valence-corrected chi connectivity index (χ0v) is 17.9. The predicted octanol–water partition coefficient (Wildman–Crippen LogP) is 4.71. The molecule has 2 aromatic carbocycles. The van der Waals surface area contributed by atoms with Crippen LogP contribution in [0.5, 0.6) is 0 Å². The second kappa shape index (κ2) is 8.81. The van der Waals surface area contributed by atoms with Crippen LogP contribution in [0.4, 0.5) is 0 Å². The third-order valence-corrected chi connectivity index (χ3v) is 5.81. The highest BCUT2D eigenvalue weighted by molar-refractivity contribution is 5.94. The van der Waals surface area contributed by atoms with Gasteiger partial charge in [-0.05, 0) is 48.4 Å². The summed E-state index contributed by atoms with van der Waals surface area (Å²) in [4.78, 5) is 27.3. The van der Waals surface area contributed by atoms with Gasteiger partial charge < -0.3 is 10.2 Å². The van der Waals surface area contributed by atoms with Crippen LogP contribution in [0.3, 0.4) is 0 Å². The molecule has 29 heavy (non-hydrogen) atoms. The van der Waals surface area contributed by atoms with Gasteiger partial charge in [0.1, 0.15) is 0 Å². The number of rotatable bonds is 4. The lowest BCUT2D eigenvalue weighted by molar-refractivity contribution is -0.126. The fourth-order valence-electron chi connectivity index (χ4n) is 3.80. The first-order valence-corrected chi connectivity index (χ1v) is 10.5. The van der Waals surface area contributed by atoms with E-state index in [4.69, 9.17) is 0 Å². The molecule has 1 aliphatic rings. The molecule has 1 N–H and O–H groups in total. The Bertz CT molecular complexity index is 829. The number of hydrogen-bond donors (Lipinski definition) is 1. The number of carbonyl (C=O) groups is 2. The van der Waals surface area contributed by atoms with E-state index in [0.717, 1.165) is 11.1 Å². The number of piperidine rings is 1. The van der Waals surface area contributed by atoms with E-state index in [2.05, 4.69) is 26.1 Å². The molecule has 0 bridgehead atoms. The van der Waals surface area contributed by atoms with Crippen molar-refractivity contribution in [3.63, 3.8) is 0 Å². The van der Waals surface area contributed by atoms with E-state index >= 15 is 0 Å². The van der Waals surface area contributed by atoms with E-state index < -0.39 is 0 Å². The molecule has 0 saturated carbocycles. The van der Waals surface area contributed by atoms with Crippen LogP contribution in [0.1, 0.15) is 68.1 Å². The summed E-state index contributed by atoms with van der Waals surface area (Å²) < 4.78 is 0. The Morgan fingerprint density at radius 1 is 0.966 bits per heavy atom. The van der Waals surface area contributed by atoms with Crippen molar-refractivity contribution >= 4 is 11.8 Å². The summed E-state index contributed by atoms with van der Waals surface area (Å²) >= 11 is 0. The summed E-state index contributed by atoms with van der Waals surface area (Å²) in [7, 11) is 0. The number of benzene rings is 2. The molecule has 4 nitrogen and oxygen atoms in total. The largest absolute Gasteiger partial charge is 0.349 e. The first kappa shape index (κ1) is 21.1. The SMILES string of the molecule is CC(NC(=O)C1CCN(C(=O)c2ccc(C(C)(C)C)cc2)CC1)c1ccccc1. The lowest BCUT2D eigenvalue weighted by Gasteiger charge is -2.32. The molecule has 1 atom stereocenters. The van der Waals surface area contributed by atoms with Crippen LogP contribution >= 0.6 is 0 Å². The Kier molecular flexibility index (Phi) is 6.41. The minimum atomic E-state index is -0.0338. The van der Waals surface area contributed by atoms with Crippen molar-refractivity contribution in [2.75, 3.05) is 13.1 Å². The summed E-state index contributed by atoms with van der Waals surface area (Å²) in [5.41, 5.74) is 3.12. The topological polar surface area (TPSA) is 49.4 Å². The molecule has 1 fully saturated rings. The third kappa shape index (κ3) is 5.26. The molecule has 154 valence electrons. The number of hydrogen-bond acceptors (Lipinski definition) is 2. The Morgan fingerprint density at radius 2 is 1.55 bits per heavy atom. The molecule has 1 unspecified atom stereocenters. The van der Waals surface area contributed by atoms with Crippen molar-refractivity contribution in [1.29, 1.82) is 0 Å². The molecule has 0 spiro atoms. The summed E-state index contributed by atoms with van der Waals surface area (Å²) in [5, 5.41) is 3.12. The van der Waals surface area contributed by atoms with Crippen molar-refractivity contribution in [1.82, 2.24) is 10.2 Å². The van der Waals surface area contributed by atoms with Gasteiger partial charge in [-0.15, -0.1) is 0 Å². The lowest BCUT2D eigenvalue weighted by Crippen LogP contribution is -2.43. The highest BCUT2D eigenvalue weighted by Gasteiger charge is 2.28. The van der Waals surface area contributed by atoms with Gasteiger partial charge in [0.05, 0.1) is 6.04 Å². The van der Waals surface area contributed by atoms with Crippen LogP contribution < -0.4 is 5.32 Å².